The molecule has 0 radical (unpaired) electrons. The largest absolute Gasteiger partial charge is 0.340 e. The number of imidazole rings is 1. The van der Waals surface area contributed by atoms with Crippen LogP contribution in [0.5, 0.6) is 0 Å². The van der Waals surface area contributed by atoms with Gasteiger partial charge in [-0.3, -0.25) is 14.3 Å². The van der Waals surface area contributed by atoms with E-state index in [1.807, 2.05) is 29.9 Å². The zero-order valence-corrected chi connectivity index (χ0v) is 17.3. The van der Waals surface area contributed by atoms with Gasteiger partial charge in [0.1, 0.15) is 18.1 Å². The maximum atomic E-state index is 13.0. The van der Waals surface area contributed by atoms with Gasteiger partial charge in [0.15, 0.2) is 5.82 Å². The number of carbonyl (C=O) groups excluding carboxylic acids is 1. The first-order valence-corrected chi connectivity index (χ1v) is 10.5. The Morgan fingerprint density at radius 2 is 2.00 bits per heavy atom. The molecule has 1 unspecified atom stereocenters. The molecule has 1 aliphatic heterocycles. The second-order valence-electron chi connectivity index (χ2n) is 7.95. The van der Waals surface area contributed by atoms with Crippen molar-refractivity contribution in [3.63, 3.8) is 0 Å². The van der Waals surface area contributed by atoms with E-state index in [0.29, 0.717) is 12.0 Å². The smallest absolute Gasteiger partial charge is 0.249 e. The number of carbonyl (C=O) groups is 1. The molecular formula is C22H25N7O. The highest BCUT2D eigenvalue weighted by Crippen LogP contribution is 2.39. The molecule has 5 rings (SSSR count). The Labute approximate surface area is 175 Å². The number of rotatable bonds is 4. The summed E-state index contributed by atoms with van der Waals surface area (Å²) in [7, 11) is 1.82. The van der Waals surface area contributed by atoms with Gasteiger partial charge in [0.05, 0.1) is 11.9 Å². The minimum atomic E-state index is -0.179. The Bertz CT molecular complexity index is 1060. The van der Waals surface area contributed by atoms with Crippen LogP contribution in [0.4, 0.5) is 11.5 Å². The van der Waals surface area contributed by atoms with Crippen molar-refractivity contribution in [2.45, 2.75) is 51.1 Å². The van der Waals surface area contributed by atoms with Crippen LogP contribution in [0, 0.1) is 0 Å². The molecule has 0 bridgehead atoms. The molecule has 1 aliphatic carbocycles. The van der Waals surface area contributed by atoms with E-state index in [1.54, 1.807) is 29.8 Å². The molecule has 0 saturated heterocycles. The van der Waals surface area contributed by atoms with Gasteiger partial charge in [-0.1, -0.05) is 19.8 Å². The van der Waals surface area contributed by atoms with Crippen molar-refractivity contribution in [3.05, 3.63) is 43.2 Å². The summed E-state index contributed by atoms with van der Waals surface area (Å²) in [6.45, 7) is 2.07. The van der Waals surface area contributed by atoms with Crippen molar-refractivity contribution in [1.82, 2.24) is 24.5 Å². The lowest BCUT2D eigenvalue weighted by molar-refractivity contribution is -0.120. The molecule has 8 nitrogen and oxygen atoms in total. The standard InChI is InChI=1S/C22H25N7O/c1-3-18-21(30)27(2)19-12-24-22(26-20(19)29(18)16-8-4-5-9-16)28-13-17(25-14-28)15-7-6-10-23-11-15/h6-7,10-14,16,18H,3-5,8-9H2,1-2H3. The molecule has 3 aromatic heterocycles. The summed E-state index contributed by atoms with van der Waals surface area (Å²) in [5.41, 5.74) is 2.53. The van der Waals surface area contributed by atoms with Crippen molar-refractivity contribution in [2.24, 2.45) is 0 Å². The summed E-state index contributed by atoms with van der Waals surface area (Å²) in [4.78, 5) is 35.1. The maximum Gasteiger partial charge on any atom is 0.249 e. The number of amides is 1. The highest BCUT2D eigenvalue weighted by atomic mass is 16.2. The predicted octanol–water partition coefficient (Wildman–Crippen LogP) is 3.23. The van der Waals surface area contributed by atoms with Gasteiger partial charge in [-0.05, 0) is 31.4 Å². The molecule has 1 fully saturated rings. The Morgan fingerprint density at radius 1 is 1.17 bits per heavy atom. The predicted molar refractivity (Wildman–Crippen MR) is 115 cm³/mol. The zero-order chi connectivity index (χ0) is 20.7. The van der Waals surface area contributed by atoms with E-state index in [4.69, 9.17) is 4.98 Å². The van der Waals surface area contributed by atoms with Crippen molar-refractivity contribution in [2.75, 3.05) is 16.8 Å². The van der Waals surface area contributed by atoms with Crippen LogP contribution in [0.1, 0.15) is 39.0 Å². The average molecular weight is 403 g/mol. The van der Waals surface area contributed by atoms with E-state index in [9.17, 15) is 4.79 Å². The lowest BCUT2D eigenvalue weighted by Crippen LogP contribution is -2.55. The number of hydrogen-bond donors (Lipinski definition) is 0. The van der Waals surface area contributed by atoms with E-state index in [0.717, 1.165) is 42.0 Å². The maximum absolute atomic E-state index is 13.0. The summed E-state index contributed by atoms with van der Waals surface area (Å²) >= 11 is 0. The fraction of sp³-hybridized carbons (Fsp3) is 0.409. The first-order chi connectivity index (χ1) is 14.7. The first-order valence-electron chi connectivity index (χ1n) is 10.5. The fourth-order valence-electron chi connectivity index (χ4n) is 4.59. The van der Waals surface area contributed by atoms with Crippen molar-refractivity contribution in [1.29, 1.82) is 0 Å². The topological polar surface area (TPSA) is 80.0 Å². The molecular weight excluding hydrogens is 378 g/mol. The molecule has 3 aromatic rings. The second-order valence-corrected chi connectivity index (χ2v) is 7.95. The van der Waals surface area contributed by atoms with Gasteiger partial charge in [0, 0.05) is 37.2 Å². The lowest BCUT2D eigenvalue weighted by Gasteiger charge is -2.43. The fourth-order valence-corrected chi connectivity index (χ4v) is 4.59. The molecule has 8 heteroatoms. The Hall–Kier alpha value is -3.29. The van der Waals surface area contributed by atoms with E-state index >= 15 is 0 Å². The molecule has 0 N–H and O–H groups in total. The molecule has 0 spiro atoms. The van der Waals surface area contributed by atoms with Gasteiger partial charge in [-0.2, -0.15) is 4.98 Å². The van der Waals surface area contributed by atoms with E-state index in [1.165, 1.54) is 12.8 Å². The third-order valence-corrected chi connectivity index (χ3v) is 6.17. The highest BCUT2D eigenvalue weighted by Gasteiger charge is 2.41. The number of hydrogen-bond acceptors (Lipinski definition) is 6. The number of nitrogens with zero attached hydrogens (tertiary/aromatic N) is 7. The molecule has 0 aromatic carbocycles. The van der Waals surface area contributed by atoms with Crippen LogP contribution in [0.25, 0.3) is 17.2 Å². The van der Waals surface area contributed by atoms with Gasteiger partial charge >= 0.3 is 0 Å². The number of aromatic nitrogens is 5. The summed E-state index contributed by atoms with van der Waals surface area (Å²) in [5, 5.41) is 0. The second kappa shape index (κ2) is 7.51. The van der Waals surface area contributed by atoms with E-state index < -0.39 is 0 Å². The highest BCUT2D eigenvalue weighted by molar-refractivity contribution is 6.04. The Kier molecular flexibility index (Phi) is 4.69. The van der Waals surface area contributed by atoms with E-state index in [2.05, 4.69) is 26.8 Å². The minimum absolute atomic E-state index is 0.120. The average Bonchev–Trinajstić information content (AvgIpc) is 3.49. The van der Waals surface area contributed by atoms with Crippen LogP contribution >= 0.6 is 0 Å². The van der Waals surface area contributed by atoms with Crippen LogP contribution in [-0.2, 0) is 4.79 Å². The van der Waals surface area contributed by atoms with Gasteiger partial charge in [0.2, 0.25) is 11.9 Å². The molecule has 2 aliphatic rings. The van der Waals surface area contributed by atoms with Gasteiger partial charge in [-0.25, -0.2) is 9.97 Å². The number of pyridine rings is 1. The number of anilines is 2. The summed E-state index contributed by atoms with van der Waals surface area (Å²) in [5.74, 6) is 1.52. The molecule has 1 atom stereocenters. The van der Waals surface area contributed by atoms with Crippen LogP contribution in [-0.4, -0.2) is 49.5 Å². The first kappa shape index (κ1) is 18.7. The van der Waals surface area contributed by atoms with Crippen molar-refractivity contribution in [3.8, 4) is 17.2 Å². The van der Waals surface area contributed by atoms with Gasteiger partial charge < -0.3 is 9.80 Å². The molecule has 1 saturated carbocycles. The molecule has 1 amide bonds. The molecule has 30 heavy (non-hydrogen) atoms. The van der Waals surface area contributed by atoms with Crippen LogP contribution in [0.15, 0.2) is 43.2 Å². The quantitative estimate of drug-likeness (QED) is 0.665. The Morgan fingerprint density at radius 3 is 2.73 bits per heavy atom. The molecule has 4 heterocycles. The third-order valence-electron chi connectivity index (χ3n) is 6.17. The van der Waals surface area contributed by atoms with Gasteiger partial charge in [0.25, 0.3) is 0 Å². The number of fused-ring (bicyclic) bond motifs is 1. The normalized spacial score (nSPS) is 19.4. The number of likely N-dealkylation sites (N-methyl/N-ethyl adjacent to an activating group) is 1. The van der Waals surface area contributed by atoms with Crippen LogP contribution in [0.3, 0.4) is 0 Å². The molecule has 154 valence electrons. The summed E-state index contributed by atoms with van der Waals surface area (Å²) in [6, 6.07) is 4.03. The minimum Gasteiger partial charge on any atom is -0.340 e. The van der Waals surface area contributed by atoms with Crippen LogP contribution in [0.2, 0.25) is 0 Å². The van der Waals surface area contributed by atoms with Crippen molar-refractivity contribution >= 4 is 17.4 Å². The Balaban J connectivity index is 1.57. The third kappa shape index (κ3) is 3.03. The lowest BCUT2D eigenvalue weighted by atomic mass is 10.0. The van der Waals surface area contributed by atoms with E-state index in [-0.39, 0.29) is 11.9 Å². The van der Waals surface area contributed by atoms with Crippen molar-refractivity contribution < 1.29 is 4.79 Å². The zero-order valence-electron chi connectivity index (χ0n) is 17.3. The van der Waals surface area contributed by atoms with Crippen LogP contribution < -0.4 is 9.80 Å². The summed E-state index contributed by atoms with van der Waals surface area (Å²) in [6.07, 6.45) is 14.3. The summed E-state index contributed by atoms with van der Waals surface area (Å²) < 4.78 is 1.83. The SMILES string of the molecule is CCC1C(=O)N(C)c2cnc(-n3cnc(-c4cccnc4)c3)nc2N1C1CCCC1. The van der Waals surface area contributed by atoms with Gasteiger partial charge in [-0.15, -0.1) is 0 Å². The monoisotopic (exact) mass is 403 g/mol.